The van der Waals surface area contributed by atoms with Gasteiger partial charge in [0.25, 0.3) is 0 Å². The second kappa shape index (κ2) is 8.58. The topological polar surface area (TPSA) is 86.7 Å². The van der Waals surface area contributed by atoms with Crippen molar-refractivity contribution in [1.29, 1.82) is 0 Å². The summed E-state index contributed by atoms with van der Waals surface area (Å²) in [5, 5.41) is 13.2. The Hall–Kier alpha value is -1.02. The van der Waals surface area contributed by atoms with Crippen LogP contribution in [-0.2, 0) is 14.8 Å². The molecule has 2 N–H and O–H groups in total. The molecule has 25 heavy (non-hydrogen) atoms. The van der Waals surface area contributed by atoms with Crippen LogP contribution < -0.4 is 5.32 Å². The van der Waals surface area contributed by atoms with Gasteiger partial charge in [0.2, 0.25) is 10.0 Å². The fourth-order valence-corrected chi connectivity index (χ4v) is 4.29. The number of Topliss-reactive ketones (excluding diaryl/α,β-unsaturated/α-hetero) is 1. The van der Waals surface area contributed by atoms with Gasteiger partial charge < -0.3 is 10.4 Å². The molecule has 0 aromatic heterocycles. The Morgan fingerprint density at radius 1 is 1.28 bits per heavy atom. The van der Waals surface area contributed by atoms with Crippen molar-refractivity contribution in [3.63, 3.8) is 0 Å². The smallest absolute Gasteiger partial charge is 0.213 e. The molecule has 1 heterocycles. The highest BCUT2D eigenvalue weighted by Gasteiger charge is 2.27. The van der Waals surface area contributed by atoms with E-state index in [0.29, 0.717) is 43.1 Å². The molecule has 1 fully saturated rings. The molecule has 0 atom stereocenters. The summed E-state index contributed by atoms with van der Waals surface area (Å²) in [5.41, 5.74) is 0.353. The molecule has 1 aliphatic rings. The Morgan fingerprint density at radius 3 is 2.48 bits per heavy atom. The molecule has 6 nitrogen and oxygen atoms in total. The monoisotopic (exact) mass is 408 g/mol. The number of hydrogen-bond donors (Lipinski definition) is 2. The zero-order valence-corrected chi connectivity index (χ0v) is 16.3. The summed E-state index contributed by atoms with van der Waals surface area (Å²) in [5.74, 6) is 0.218. The average Bonchev–Trinajstić information content (AvgIpc) is 2.57. The molecule has 0 amide bonds. The Kier molecular flexibility index (Phi) is 6.96. The number of halogens is 2. The summed E-state index contributed by atoms with van der Waals surface area (Å²) in [6, 6.07) is 2.79. The summed E-state index contributed by atoms with van der Waals surface area (Å²) in [7, 11) is -3.15. The highest BCUT2D eigenvalue weighted by molar-refractivity contribution is 7.89. The summed E-state index contributed by atoms with van der Waals surface area (Å²) >= 11 is 11.7. The van der Waals surface area contributed by atoms with Gasteiger partial charge in [-0.3, -0.25) is 4.79 Å². The van der Waals surface area contributed by atoms with Crippen molar-refractivity contribution < 1.29 is 18.3 Å². The van der Waals surface area contributed by atoms with Gasteiger partial charge in [0.15, 0.2) is 5.78 Å². The highest BCUT2D eigenvalue weighted by atomic mass is 35.5. The molecule has 1 saturated heterocycles. The van der Waals surface area contributed by atoms with E-state index >= 15 is 0 Å². The lowest BCUT2D eigenvalue weighted by Crippen LogP contribution is -2.39. The van der Waals surface area contributed by atoms with Gasteiger partial charge in [0, 0.05) is 25.6 Å². The molecule has 1 aliphatic heterocycles. The third-order valence-electron chi connectivity index (χ3n) is 4.36. The molecular formula is C16H22Cl2N2O4S. The normalized spacial score (nSPS) is 16.8. The Bertz CT molecular complexity index is 732. The number of phenolic OH excluding ortho intramolecular Hbond substituents is 1. The lowest BCUT2D eigenvalue weighted by atomic mass is 9.92. The fourth-order valence-electron chi connectivity index (χ4n) is 2.84. The van der Waals surface area contributed by atoms with E-state index in [0.717, 1.165) is 0 Å². The van der Waals surface area contributed by atoms with Crippen molar-refractivity contribution in [3.05, 3.63) is 22.2 Å². The van der Waals surface area contributed by atoms with Crippen LogP contribution in [-0.4, -0.2) is 49.0 Å². The molecule has 0 unspecified atom stereocenters. The number of sulfonamides is 1. The minimum Gasteiger partial charge on any atom is -0.506 e. The zero-order valence-electron chi connectivity index (χ0n) is 14.0. The molecule has 9 heteroatoms. The molecule has 0 radical (unpaired) electrons. The third kappa shape index (κ3) is 5.48. The predicted octanol–water partition coefficient (Wildman–Crippen LogP) is 3.13. The van der Waals surface area contributed by atoms with Crippen LogP contribution in [0.1, 0.15) is 26.2 Å². The van der Waals surface area contributed by atoms with Crippen LogP contribution in [0.25, 0.3) is 0 Å². The largest absolute Gasteiger partial charge is 0.506 e. The van der Waals surface area contributed by atoms with E-state index in [9.17, 15) is 18.3 Å². The number of rotatable bonds is 7. The van der Waals surface area contributed by atoms with Crippen molar-refractivity contribution in [2.24, 2.45) is 5.92 Å². The van der Waals surface area contributed by atoms with Gasteiger partial charge in [-0.2, -0.15) is 0 Å². The van der Waals surface area contributed by atoms with E-state index in [1.54, 1.807) is 6.92 Å². The molecule has 140 valence electrons. The number of benzene rings is 1. The number of carbonyl (C=O) groups excluding carboxylic acids is 1. The van der Waals surface area contributed by atoms with Crippen LogP contribution >= 0.6 is 23.2 Å². The minimum atomic E-state index is -3.15. The van der Waals surface area contributed by atoms with Gasteiger partial charge in [-0.1, -0.05) is 23.2 Å². The quantitative estimate of drug-likeness (QED) is 0.676. The van der Waals surface area contributed by atoms with Crippen molar-refractivity contribution in [2.45, 2.75) is 26.2 Å². The van der Waals surface area contributed by atoms with E-state index in [1.165, 1.54) is 16.4 Å². The first-order valence-electron chi connectivity index (χ1n) is 8.14. The van der Waals surface area contributed by atoms with Gasteiger partial charge in [-0.05, 0) is 31.7 Å². The van der Waals surface area contributed by atoms with Gasteiger partial charge in [-0.25, -0.2) is 12.7 Å². The van der Waals surface area contributed by atoms with E-state index in [2.05, 4.69) is 5.32 Å². The summed E-state index contributed by atoms with van der Waals surface area (Å²) in [6.07, 6.45) is 1.75. The fraction of sp³-hybridized carbons (Fsp3) is 0.562. The Balaban J connectivity index is 1.81. The Morgan fingerprint density at radius 2 is 1.88 bits per heavy atom. The predicted molar refractivity (Wildman–Crippen MR) is 100.0 cm³/mol. The molecule has 2 rings (SSSR count). The van der Waals surface area contributed by atoms with Crippen LogP contribution in [0, 0.1) is 5.92 Å². The number of nitrogens with zero attached hydrogens (tertiary/aromatic N) is 1. The number of ketones is 1. The number of carbonyl (C=O) groups is 1. The van der Waals surface area contributed by atoms with Gasteiger partial charge in [-0.15, -0.1) is 0 Å². The standard InChI is InChI=1S/C16H22Cl2N2O4S/c1-2-25(23,24)20-5-3-11(4-6-20)7-12(21)10-19-15-8-13(17)14(18)9-16(15)22/h8-9,11,19,22H,2-7,10H2,1H3. The minimum absolute atomic E-state index is 0.00210. The maximum absolute atomic E-state index is 12.1. The molecular weight excluding hydrogens is 387 g/mol. The molecule has 0 bridgehead atoms. The lowest BCUT2D eigenvalue weighted by Gasteiger charge is -2.30. The van der Waals surface area contributed by atoms with Crippen LogP contribution in [0.5, 0.6) is 5.75 Å². The van der Waals surface area contributed by atoms with E-state index in [4.69, 9.17) is 23.2 Å². The number of anilines is 1. The molecule has 0 saturated carbocycles. The van der Waals surface area contributed by atoms with E-state index < -0.39 is 10.0 Å². The average molecular weight is 409 g/mol. The first kappa shape index (κ1) is 20.3. The van der Waals surface area contributed by atoms with Gasteiger partial charge in [0.05, 0.1) is 28.0 Å². The Labute approximate surface area is 158 Å². The SMILES string of the molecule is CCS(=O)(=O)N1CCC(CC(=O)CNc2cc(Cl)c(Cl)cc2O)CC1. The van der Waals surface area contributed by atoms with E-state index in [-0.39, 0.29) is 34.8 Å². The van der Waals surface area contributed by atoms with Crippen molar-refractivity contribution in [1.82, 2.24) is 4.31 Å². The highest BCUT2D eigenvalue weighted by Crippen LogP contribution is 2.33. The summed E-state index contributed by atoms with van der Waals surface area (Å²) in [4.78, 5) is 12.1. The van der Waals surface area contributed by atoms with Gasteiger partial charge >= 0.3 is 0 Å². The van der Waals surface area contributed by atoms with Crippen molar-refractivity contribution >= 4 is 44.7 Å². The number of nitrogens with one attached hydrogen (secondary N) is 1. The summed E-state index contributed by atoms with van der Waals surface area (Å²) < 4.78 is 25.2. The summed E-state index contributed by atoms with van der Waals surface area (Å²) in [6.45, 7) is 2.64. The van der Waals surface area contributed by atoms with Gasteiger partial charge in [0.1, 0.15) is 5.75 Å². The van der Waals surface area contributed by atoms with Crippen LogP contribution in [0.15, 0.2) is 12.1 Å². The lowest BCUT2D eigenvalue weighted by molar-refractivity contribution is -0.118. The van der Waals surface area contributed by atoms with Crippen molar-refractivity contribution in [2.75, 3.05) is 30.7 Å². The number of phenols is 1. The van der Waals surface area contributed by atoms with E-state index in [1.807, 2.05) is 0 Å². The zero-order chi connectivity index (χ0) is 18.6. The molecule has 1 aromatic carbocycles. The van der Waals surface area contributed by atoms with Crippen molar-refractivity contribution in [3.8, 4) is 5.75 Å². The first-order chi connectivity index (χ1) is 11.7. The second-order valence-corrected chi connectivity index (χ2v) is 9.19. The maximum Gasteiger partial charge on any atom is 0.213 e. The van der Waals surface area contributed by atoms with Crippen LogP contribution in [0.4, 0.5) is 5.69 Å². The number of aromatic hydroxyl groups is 1. The van der Waals surface area contributed by atoms with Crippen LogP contribution in [0.2, 0.25) is 10.0 Å². The second-order valence-electron chi connectivity index (χ2n) is 6.12. The third-order valence-corrected chi connectivity index (χ3v) is 6.97. The number of piperidine rings is 1. The molecule has 1 aromatic rings. The number of hydrogen-bond acceptors (Lipinski definition) is 5. The maximum atomic E-state index is 12.1. The first-order valence-corrected chi connectivity index (χ1v) is 10.5. The molecule has 0 spiro atoms. The molecule has 0 aliphatic carbocycles. The van der Waals surface area contributed by atoms with Crippen LogP contribution in [0.3, 0.4) is 0 Å².